The molecule has 4 nitrogen and oxygen atoms in total. The molecule has 0 saturated carbocycles. The van der Waals surface area contributed by atoms with Crippen LogP contribution < -0.4 is 11.5 Å². The average molecular weight is 590 g/mol. The molecule has 0 spiro atoms. The smallest absolute Gasteiger partial charge is 0.398 e. The first-order valence-corrected chi connectivity index (χ1v) is 10.7. The number of halogens is 12. The molecule has 0 amide bonds. The standard InChI is InChI=1S/C24H14F12N2O2/c25-21(26,27)19(39,22(28,29)30)15-3-1-9-5-11-8-14-10(6-12(11)7-13(9)17(15)37)2-4-16(18(14)38)20(40,23(31,32)33)24(34,35)36/h1-8,39-40H,37-38H2. The summed E-state index contributed by atoms with van der Waals surface area (Å²) in [7, 11) is 0. The molecule has 0 bridgehead atoms. The van der Waals surface area contributed by atoms with E-state index >= 15 is 0 Å². The number of aliphatic hydroxyl groups is 2. The van der Waals surface area contributed by atoms with Crippen molar-refractivity contribution in [1.82, 2.24) is 0 Å². The lowest BCUT2D eigenvalue weighted by Gasteiger charge is -2.34. The fraction of sp³-hybridized carbons (Fsp3) is 0.250. The van der Waals surface area contributed by atoms with Gasteiger partial charge in [-0.1, -0.05) is 24.3 Å². The van der Waals surface area contributed by atoms with Crippen molar-refractivity contribution in [3.63, 3.8) is 0 Å². The lowest BCUT2D eigenvalue weighted by atomic mass is 9.86. The monoisotopic (exact) mass is 590 g/mol. The van der Waals surface area contributed by atoms with E-state index in [0.29, 0.717) is 12.1 Å². The number of fused-ring (bicyclic) bond motifs is 3. The Morgan fingerprint density at radius 3 is 0.950 bits per heavy atom. The van der Waals surface area contributed by atoms with E-state index in [1.165, 1.54) is 0 Å². The topological polar surface area (TPSA) is 92.5 Å². The molecular formula is C24H14F12N2O2. The Labute approximate surface area is 214 Å². The third-order valence-corrected chi connectivity index (χ3v) is 6.62. The summed E-state index contributed by atoms with van der Waals surface area (Å²) in [6.07, 6.45) is -24.9. The Bertz CT molecular complexity index is 1500. The third-order valence-electron chi connectivity index (χ3n) is 6.62. The molecule has 216 valence electrons. The largest absolute Gasteiger partial charge is 0.430 e. The van der Waals surface area contributed by atoms with Gasteiger partial charge in [0.1, 0.15) is 0 Å². The number of hydrogen-bond donors (Lipinski definition) is 4. The maximum absolute atomic E-state index is 13.4. The first kappa shape index (κ1) is 29.3. The second-order valence-corrected chi connectivity index (χ2v) is 8.96. The summed E-state index contributed by atoms with van der Waals surface area (Å²) in [4.78, 5) is 0. The average Bonchev–Trinajstić information content (AvgIpc) is 2.79. The van der Waals surface area contributed by atoms with Crippen LogP contribution >= 0.6 is 0 Å². The van der Waals surface area contributed by atoms with Crippen LogP contribution in [0.3, 0.4) is 0 Å². The maximum atomic E-state index is 13.4. The number of rotatable bonds is 2. The molecule has 0 aliphatic carbocycles. The van der Waals surface area contributed by atoms with Gasteiger partial charge in [-0.3, -0.25) is 0 Å². The fourth-order valence-electron chi connectivity index (χ4n) is 4.51. The summed E-state index contributed by atoms with van der Waals surface area (Å²) in [5, 5.41) is 18.7. The molecule has 6 N–H and O–H groups in total. The van der Waals surface area contributed by atoms with E-state index in [1.807, 2.05) is 0 Å². The van der Waals surface area contributed by atoms with Gasteiger partial charge in [-0.25, -0.2) is 0 Å². The Hall–Kier alpha value is -3.66. The molecule has 0 atom stereocenters. The molecule has 0 fully saturated rings. The highest BCUT2D eigenvalue weighted by Crippen LogP contribution is 2.54. The molecule has 0 saturated heterocycles. The van der Waals surface area contributed by atoms with Gasteiger partial charge in [0.15, 0.2) is 0 Å². The summed E-state index contributed by atoms with van der Waals surface area (Å²) < 4.78 is 161. The molecule has 0 radical (unpaired) electrons. The normalized spacial score (nSPS) is 14.4. The highest BCUT2D eigenvalue weighted by Gasteiger charge is 2.73. The molecule has 4 aromatic carbocycles. The van der Waals surface area contributed by atoms with Crippen LogP contribution in [-0.2, 0) is 11.2 Å². The van der Waals surface area contributed by atoms with Gasteiger partial charge < -0.3 is 21.7 Å². The summed E-state index contributed by atoms with van der Waals surface area (Å²) in [6.45, 7) is 0. The minimum Gasteiger partial charge on any atom is -0.398 e. The van der Waals surface area contributed by atoms with Crippen LogP contribution in [0.15, 0.2) is 48.5 Å². The minimum atomic E-state index is -6.22. The van der Waals surface area contributed by atoms with E-state index in [1.54, 1.807) is 0 Å². The van der Waals surface area contributed by atoms with Gasteiger partial charge in [0.2, 0.25) is 0 Å². The highest BCUT2D eigenvalue weighted by atomic mass is 19.4. The first-order valence-electron chi connectivity index (χ1n) is 10.7. The van der Waals surface area contributed by atoms with E-state index in [9.17, 15) is 62.9 Å². The number of benzene rings is 4. The maximum Gasteiger partial charge on any atom is 0.430 e. The Kier molecular flexibility index (Phi) is 6.18. The van der Waals surface area contributed by atoms with E-state index in [0.717, 1.165) is 36.4 Å². The van der Waals surface area contributed by atoms with Crippen molar-refractivity contribution in [2.75, 3.05) is 11.5 Å². The predicted octanol–water partition coefficient (Wildman–Crippen LogP) is 6.94. The van der Waals surface area contributed by atoms with Crippen LogP contribution in [0, 0.1) is 0 Å². The second-order valence-electron chi connectivity index (χ2n) is 8.96. The number of alkyl halides is 12. The summed E-state index contributed by atoms with van der Waals surface area (Å²) in [5.74, 6) is 0. The summed E-state index contributed by atoms with van der Waals surface area (Å²) in [5.41, 5.74) is -4.90. The third kappa shape index (κ3) is 3.95. The van der Waals surface area contributed by atoms with Gasteiger partial charge in [-0.2, -0.15) is 52.7 Å². The van der Waals surface area contributed by atoms with Gasteiger partial charge in [-0.05, 0) is 45.8 Å². The number of nitrogens with two attached hydrogens (primary N) is 2. The van der Waals surface area contributed by atoms with Gasteiger partial charge in [0.05, 0.1) is 0 Å². The van der Waals surface area contributed by atoms with Crippen LogP contribution in [0.5, 0.6) is 0 Å². The van der Waals surface area contributed by atoms with E-state index < -0.39 is 58.4 Å². The minimum absolute atomic E-state index is 0.0421. The fourth-order valence-corrected chi connectivity index (χ4v) is 4.51. The molecule has 0 unspecified atom stereocenters. The van der Waals surface area contributed by atoms with Gasteiger partial charge >= 0.3 is 24.7 Å². The summed E-state index contributed by atoms with van der Waals surface area (Å²) in [6, 6.07) is 6.45. The van der Waals surface area contributed by atoms with Crippen molar-refractivity contribution in [1.29, 1.82) is 0 Å². The first-order chi connectivity index (χ1) is 18.0. The van der Waals surface area contributed by atoms with Crippen molar-refractivity contribution in [3.05, 3.63) is 59.7 Å². The van der Waals surface area contributed by atoms with Crippen LogP contribution in [-0.4, -0.2) is 34.9 Å². The van der Waals surface area contributed by atoms with Crippen molar-refractivity contribution in [3.8, 4) is 0 Å². The zero-order valence-corrected chi connectivity index (χ0v) is 19.2. The molecule has 0 aliphatic heterocycles. The number of hydrogen-bond acceptors (Lipinski definition) is 4. The van der Waals surface area contributed by atoms with Gasteiger partial charge in [0, 0.05) is 33.3 Å². The molecule has 0 aromatic heterocycles. The molecule has 4 aromatic rings. The molecule has 40 heavy (non-hydrogen) atoms. The van der Waals surface area contributed by atoms with Crippen molar-refractivity contribution < 1.29 is 62.9 Å². The molecule has 16 heteroatoms. The van der Waals surface area contributed by atoms with Crippen molar-refractivity contribution in [2.24, 2.45) is 0 Å². The molecule has 0 heterocycles. The van der Waals surface area contributed by atoms with Crippen molar-refractivity contribution >= 4 is 43.7 Å². The Balaban J connectivity index is 2.01. The lowest BCUT2D eigenvalue weighted by molar-refractivity contribution is -0.376. The lowest BCUT2D eigenvalue weighted by Crippen LogP contribution is -2.54. The summed E-state index contributed by atoms with van der Waals surface area (Å²) >= 11 is 0. The van der Waals surface area contributed by atoms with E-state index in [-0.39, 0.29) is 32.3 Å². The number of anilines is 2. The zero-order chi connectivity index (χ0) is 30.4. The Morgan fingerprint density at radius 1 is 0.425 bits per heavy atom. The number of nitrogen functional groups attached to an aromatic ring is 2. The quantitative estimate of drug-likeness (QED) is 0.116. The molecule has 4 rings (SSSR count). The van der Waals surface area contributed by atoms with Crippen LogP contribution in [0.1, 0.15) is 11.1 Å². The predicted molar refractivity (Wildman–Crippen MR) is 120 cm³/mol. The van der Waals surface area contributed by atoms with Crippen LogP contribution in [0.4, 0.5) is 64.1 Å². The van der Waals surface area contributed by atoms with E-state index in [2.05, 4.69) is 0 Å². The highest BCUT2D eigenvalue weighted by molar-refractivity contribution is 6.10. The molecular weight excluding hydrogens is 576 g/mol. The van der Waals surface area contributed by atoms with Crippen molar-refractivity contribution in [2.45, 2.75) is 35.9 Å². The molecule has 0 aliphatic rings. The van der Waals surface area contributed by atoms with Crippen LogP contribution in [0.2, 0.25) is 0 Å². The van der Waals surface area contributed by atoms with Gasteiger partial charge in [-0.15, -0.1) is 0 Å². The SMILES string of the molecule is Nc1c(C(O)(C(F)(F)F)C(F)(F)F)ccc2cc3cc4c(N)c(C(O)(C(F)(F)F)C(F)(F)F)ccc4cc3cc12. The Morgan fingerprint density at radius 2 is 0.700 bits per heavy atom. The second kappa shape index (κ2) is 8.42. The zero-order valence-electron chi connectivity index (χ0n) is 19.2. The van der Waals surface area contributed by atoms with Crippen LogP contribution in [0.25, 0.3) is 32.3 Å². The van der Waals surface area contributed by atoms with Gasteiger partial charge in [0.25, 0.3) is 11.2 Å². The van der Waals surface area contributed by atoms with E-state index in [4.69, 9.17) is 11.5 Å².